The lowest BCUT2D eigenvalue weighted by Gasteiger charge is -2.21. The highest BCUT2D eigenvalue weighted by Gasteiger charge is 2.33. The summed E-state index contributed by atoms with van der Waals surface area (Å²) in [4.78, 5) is 30.2. The van der Waals surface area contributed by atoms with Crippen molar-refractivity contribution >= 4 is 35.0 Å². The van der Waals surface area contributed by atoms with Gasteiger partial charge in [-0.25, -0.2) is 9.79 Å². The molecule has 2 aromatic rings. The van der Waals surface area contributed by atoms with Crippen LogP contribution in [0.3, 0.4) is 0 Å². The zero-order valence-electron chi connectivity index (χ0n) is 14.1. The molecule has 0 fully saturated rings. The number of hydrogen-bond donors (Lipinski definition) is 1. The van der Waals surface area contributed by atoms with Crippen LogP contribution in [-0.2, 0) is 9.53 Å². The van der Waals surface area contributed by atoms with Gasteiger partial charge in [0, 0.05) is 30.2 Å². The van der Waals surface area contributed by atoms with Crippen LogP contribution < -0.4 is 4.90 Å². The number of carbonyl (C=O) groups is 2. The number of benzodiazepines with no additional fused rings is 1. The first-order valence-electron chi connectivity index (χ1n) is 7.72. The number of aliphatic imine (C=N–C) groups is 1. The average Bonchev–Trinajstić information content (AvgIpc) is 2.73. The number of amides is 2. The van der Waals surface area contributed by atoms with Gasteiger partial charge in [-0.3, -0.25) is 10.0 Å². The van der Waals surface area contributed by atoms with Crippen molar-refractivity contribution in [2.24, 2.45) is 4.99 Å². The molecule has 1 N–H and O–H groups in total. The maximum absolute atomic E-state index is 12.7. The molecule has 7 nitrogen and oxygen atoms in total. The summed E-state index contributed by atoms with van der Waals surface area (Å²) in [6.45, 7) is 0. The van der Waals surface area contributed by atoms with E-state index in [-0.39, 0.29) is 5.06 Å². The van der Waals surface area contributed by atoms with Crippen LogP contribution in [0, 0.1) is 0 Å². The van der Waals surface area contributed by atoms with Crippen molar-refractivity contribution in [2.75, 3.05) is 19.0 Å². The normalized spacial score (nSPS) is 16.5. The van der Waals surface area contributed by atoms with Gasteiger partial charge in [0.1, 0.15) is 0 Å². The van der Waals surface area contributed by atoms with Gasteiger partial charge in [0.05, 0.1) is 11.4 Å². The van der Waals surface area contributed by atoms with E-state index < -0.39 is 18.2 Å². The Labute approximate surface area is 155 Å². The molecule has 0 bridgehead atoms. The predicted molar refractivity (Wildman–Crippen MR) is 96.8 cm³/mol. The maximum Gasteiger partial charge on any atom is 0.435 e. The Hall–Kier alpha value is -2.90. The molecule has 1 heterocycles. The molecule has 2 aromatic carbocycles. The second-order valence-electron chi connectivity index (χ2n) is 5.66. The largest absolute Gasteiger partial charge is 0.435 e. The van der Waals surface area contributed by atoms with Crippen LogP contribution >= 0.6 is 11.6 Å². The van der Waals surface area contributed by atoms with Crippen molar-refractivity contribution in [3.05, 3.63) is 64.7 Å². The monoisotopic (exact) mass is 373 g/mol. The number of carbonyl (C=O) groups excluding carboxylic acids is 2. The first kappa shape index (κ1) is 17.9. The fourth-order valence-corrected chi connectivity index (χ4v) is 2.76. The third-order valence-corrected chi connectivity index (χ3v) is 4.12. The molecule has 3 rings (SSSR count). The van der Waals surface area contributed by atoms with Crippen molar-refractivity contribution in [1.82, 2.24) is 5.06 Å². The van der Waals surface area contributed by atoms with E-state index in [2.05, 4.69) is 4.99 Å². The number of rotatable bonds is 2. The van der Waals surface area contributed by atoms with E-state index in [0.717, 1.165) is 12.6 Å². The molecule has 0 saturated heterocycles. The molecule has 0 radical (unpaired) electrons. The molecule has 134 valence electrons. The highest BCUT2D eigenvalue weighted by Crippen LogP contribution is 2.30. The third-order valence-electron chi connectivity index (χ3n) is 3.89. The minimum atomic E-state index is -1.44. The van der Waals surface area contributed by atoms with Gasteiger partial charge in [-0.05, 0) is 18.2 Å². The molecule has 2 amide bonds. The van der Waals surface area contributed by atoms with Crippen LogP contribution in [0.1, 0.15) is 11.1 Å². The molecule has 0 saturated carbocycles. The Bertz CT molecular complexity index is 883. The summed E-state index contributed by atoms with van der Waals surface area (Å²) in [5.41, 5.74) is 2.41. The summed E-state index contributed by atoms with van der Waals surface area (Å²) in [5.74, 6) is -0.547. The van der Waals surface area contributed by atoms with Crippen molar-refractivity contribution in [1.29, 1.82) is 0 Å². The van der Waals surface area contributed by atoms with Gasteiger partial charge in [0.2, 0.25) is 0 Å². The first-order valence-corrected chi connectivity index (χ1v) is 8.10. The number of nitrogens with zero attached hydrogens (tertiary/aromatic N) is 3. The fraction of sp³-hybridized carbons (Fsp3) is 0.167. The molecule has 1 aliphatic rings. The molecule has 8 heteroatoms. The fourth-order valence-electron chi connectivity index (χ4n) is 2.59. The number of halogens is 1. The number of likely N-dealkylation sites (N-methyl/N-ethyl adjacent to an activating group) is 1. The van der Waals surface area contributed by atoms with Gasteiger partial charge in [-0.15, -0.1) is 0 Å². The molecule has 0 aromatic heterocycles. The molecule has 1 aliphatic heterocycles. The van der Waals surface area contributed by atoms with Crippen LogP contribution in [0.5, 0.6) is 0 Å². The molecule has 0 aliphatic carbocycles. The maximum atomic E-state index is 12.7. The molecule has 0 spiro atoms. The highest BCUT2D eigenvalue weighted by molar-refractivity contribution is 6.32. The van der Waals surface area contributed by atoms with Gasteiger partial charge in [0.15, 0.2) is 0 Å². The lowest BCUT2D eigenvalue weighted by molar-refractivity contribution is -0.129. The number of hydroxylamine groups is 2. The molecule has 1 atom stereocenters. The van der Waals surface area contributed by atoms with Crippen molar-refractivity contribution in [3.8, 4) is 0 Å². The van der Waals surface area contributed by atoms with E-state index in [4.69, 9.17) is 16.3 Å². The van der Waals surface area contributed by atoms with Crippen molar-refractivity contribution in [2.45, 2.75) is 6.23 Å². The predicted octanol–water partition coefficient (Wildman–Crippen LogP) is 2.94. The van der Waals surface area contributed by atoms with E-state index in [1.54, 1.807) is 25.2 Å². The molecular formula is C18H16ClN3O4. The van der Waals surface area contributed by atoms with Gasteiger partial charge in [-0.1, -0.05) is 41.9 Å². The Morgan fingerprint density at radius 1 is 1.27 bits per heavy atom. The molecule has 1 unspecified atom stereocenters. The third kappa shape index (κ3) is 3.40. The smallest absolute Gasteiger partial charge is 0.412 e. The SMILES string of the molecule is CN(O)C(=O)OC1N=C(c2ccccc2)c2cc(Cl)ccc2N(C)C1=O. The van der Waals surface area contributed by atoms with Crippen LogP contribution in [-0.4, -0.2) is 48.3 Å². The summed E-state index contributed by atoms with van der Waals surface area (Å²) < 4.78 is 5.05. The minimum Gasteiger partial charge on any atom is -0.412 e. The summed E-state index contributed by atoms with van der Waals surface area (Å²) >= 11 is 6.15. The zero-order valence-corrected chi connectivity index (χ0v) is 14.8. The standard InChI is InChI=1S/C18H16ClN3O4/c1-21-14-9-8-12(19)10-13(14)15(11-6-4-3-5-7-11)20-16(17(21)23)26-18(24)22(2)25/h3-10,16,25H,1-2H3. The number of hydrogen-bond acceptors (Lipinski definition) is 5. The molecule has 26 heavy (non-hydrogen) atoms. The lowest BCUT2D eigenvalue weighted by Crippen LogP contribution is -2.39. The Kier molecular flexibility index (Phi) is 4.92. The van der Waals surface area contributed by atoms with E-state index in [0.29, 0.717) is 22.0 Å². The quantitative estimate of drug-likeness (QED) is 0.648. The second-order valence-corrected chi connectivity index (χ2v) is 6.10. The van der Waals surface area contributed by atoms with Crippen LogP contribution in [0.4, 0.5) is 10.5 Å². The minimum absolute atomic E-state index is 0.250. The molecular weight excluding hydrogens is 358 g/mol. The van der Waals surface area contributed by atoms with E-state index >= 15 is 0 Å². The highest BCUT2D eigenvalue weighted by atomic mass is 35.5. The number of ether oxygens (including phenoxy) is 1. The van der Waals surface area contributed by atoms with Crippen LogP contribution in [0.15, 0.2) is 53.5 Å². The van der Waals surface area contributed by atoms with Gasteiger partial charge < -0.3 is 9.64 Å². The topological polar surface area (TPSA) is 82.4 Å². The summed E-state index contributed by atoms with van der Waals surface area (Å²) in [6.07, 6.45) is -2.53. The lowest BCUT2D eigenvalue weighted by atomic mass is 10.0. The van der Waals surface area contributed by atoms with Gasteiger partial charge in [0.25, 0.3) is 12.1 Å². The average molecular weight is 374 g/mol. The van der Waals surface area contributed by atoms with Crippen LogP contribution in [0.25, 0.3) is 0 Å². The number of anilines is 1. The number of benzene rings is 2. The van der Waals surface area contributed by atoms with Gasteiger partial charge in [-0.2, -0.15) is 5.06 Å². The first-order chi connectivity index (χ1) is 12.4. The van der Waals surface area contributed by atoms with Gasteiger partial charge >= 0.3 is 6.09 Å². The summed E-state index contributed by atoms with van der Waals surface area (Å²) in [6, 6.07) is 14.3. The summed E-state index contributed by atoms with van der Waals surface area (Å²) in [5, 5.41) is 9.97. The van der Waals surface area contributed by atoms with E-state index in [9.17, 15) is 14.8 Å². The van der Waals surface area contributed by atoms with E-state index in [1.807, 2.05) is 30.3 Å². The van der Waals surface area contributed by atoms with Crippen molar-refractivity contribution < 1.29 is 19.5 Å². The Morgan fingerprint density at radius 2 is 1.96 bits per heavy atom. The second kappa shape index (κ2) is 7.15. The number of fused-ring (bicyclic) bond motifs is 1. The Morgan fingerprint density at radius 3 is 2.62 bits per heavy atom. The summed E-state index contributed by atoms with van der Waals surface area (Å²) in [7, 11) is 2.66. The Balaban J connectivity index is 2.17. The van der Waals surface area contributed by atoms with Crippen molar-refractivity contribution in [3.63, 3.8) is 0 Å². The zero-order chi connectivity index (χ0) is 18.8. The van der Waals surface area contributed by atoms with Crippen LogP contribution in [0.2, 0.25) is 5.02 Å². The van der Waals surface area contributed by atoms with E-state index in [1.165, 1.54) is 4.90 Å².